The molecular formula is C12H12BrF3N2. The fourth-order valence-corrected chi connectivity index (χ4v) is 1.80. The average molecular weight is 321 g/mol. The summed E-state index contributed by atoms with van der Waals surface area (Å²) in [6.45, 7) is 1.87. The molecule has 0 aliphatic rings. The van der Waals surface area contributed by atoms with E-state index in [1.807, 2.05) is 13.0 Å². The lowest BCUT2D eigenvalue weighted by Gasteiger charge is -2.18. The summed E-state index contributed by atoms with van der Waals surface area (Å²) in [5, 5.41) is 11.6. The zero-order valence-electron chi connectivity index (χ0n) is 9.68. The summed E-state index contributed by atoms with van der Waals surface area (Å²) in [4.78, 5) is 0. The third-order valence-electron chi connectivity index (χ3n) is 2.48. The molecule has 1 aromatic rings. The maximum atomic E-state index is 12.6. The van der Waals surface area contributed by atoms with Crippen LogP contribution >= 0.6 is 15.9 Å². The lowest BCUT2D eigenvalue weighted by Crippen LogP contribution is -2.18. The van der Waals surface area contributed by atoms with Gasteiger partial charge in [-0.1, -0.05) is 6.92 Å². The molecule has 2 nitrogen and oxygen atoms in total. The molecule has 0 aromatic heterocycles. The predicted molar refractivity (Wildman–Crippen MR) is 67.1 cm³/mol. The molecule has 1 N–H and O–H groups in total. The SMILES string of the molecule is CCC(CC#N)Nc1cc(C(F)(F)F)ccc1Br. The highest BCUT2D eigenvalue weighted by Gasteiger charge is 2.31. The summed E-state index contributed by atoms with van der Waals surface area (Å²) in [7, 11) is 0. The van der Waals surface area contributed by atoms with Crippen molar-refractivity contribution in [2.75, 3.05) is 5.32 Å². The van der Waals surface area contributed by atoms with Crippen molar-refractivity contribution >= 4 is 21.6 Å². The molecule has 1 unspecified atom stereocenters. The third-order valence-corrected chi connectivity index (χ3v) is 3.18. The highest BCUT2D eigenvalue weighted by molar-refractivity contribution is 9.10. The van der Waals surface area contributed by atoms with Crippen LogP contribution in [-0.2, 0) is 6.18 Å². The molecule has 0 aliphatic heterocycles. The van der Waals surface area contributed by atoms with E-state index in [2.05, 4.69) is 21.2 Å². The molecule has 1 atom stereocenters. The van der Waals surface area contributed by atoms with E-state index in [4.69, 9.17) is 5.26 Å². The highest BCUT2D eigenvalue weighted by Crippen LogP contribution is 2.34. The number of hydrogen-bond acceptors (Lipinski definition) is 2. The quantitative estimate of drug-likeness (QED) is 0.881. The topological polar surface area (TPSA) is 35.8 Å². The van der Waals surface area contributed by atoms with Gasteiger partial charge < -0.3 is 5.32 Å². The second kappa shape index (κ2) is 6.10. The molecule has 0 radical (unpaired) electrons. The smallest absolute Gasteiger partial charge is 0.380 e. The molecule has 0 fully saturated rings. The lowest BCUT2D eigenvalue weighted by atomic mass is 10.1. The number of benzene rings is 1. The van der Waals surface area contributed by atoms with Gasteiger partial charge in [0.25, 0.3) is 0 Å². The van der Waals surface area contributed by atoms with E-state index in [0.29, 0.717) is 16.6 Å². The Morgan fingerprint density at radius 3 is 2.61 bits per heavy atom. The Bertz CT molecular complexity index is 452. The highest BCUT2D eigenvalue weighted by atomic mass is 79.9. The Labute approximate surface area is 112 Å². The van der Waals surface area contributed by atoms with Gasteiger partial charge in [-0.15, -0.1) is 0 Å². The van der Waals surface area contributed by atoms with Crippen molar-refractivity contribution in [2.24, 2.45) is 0 Å². The molecule has 0 saturated carbocycles. The first-order valence-corrected chi connectivity index (χ1v) is 6.18. The molecule has 6 heteroatoms. The van der Waals surface area contributed by atoms with E-state index in [1.165, 1.54) is 6.07 Å². The molecule has 0 saturated heterocycles. The van der Waals surface area contributed by atoms with Gasteiger partial charge in [-0.3, -0.25) is 0 Å². The van der Waals surface area contributed by atoms with Crippen LogP contribution in [0, 0.1) is 11.3 Å². The van der Waals surface area contributed by atoms with Gasteiger partial charge in [0.15, 0.2) is 0 Å². The minimum absolute atomic E-state index is 0.158. The summed E-state index contributed by atoms with van der Waals surface area (Å²) in [6.07, 6.45) is -3.45. The van der Waals surface area contributed by atoms with Crippen molar-refractivity contribution < 1.29 is 13.2 Å². The van der Waals surface area contributed by atoms with Gasteiger partial charge in [0, 0.05) is 16.2 Å². The molecule has 18 heavy (non-hydrogen) atoms. The summed E-state index contributed by atoms with van der Waals surface area (Å²) in [6, 6.07) is 5.26. The molecule has 0 amide bonds. The van der Waals surface area contributed by atoms with Gasteiger partial charge in [0.2, 0.25) is 0 Å². The summed E-state index contributed by atoms with van der Waals surface area (Å²) < 4.78 is 38.3. The normalized spacial score (nSPS) is 12.9. The van der Waals surface area contributed by atoms with Crippen molar-refractivity contribution in [1.29, 1.82) is 5.26 Å². The van der Waals surface area contributed by atoms with Gasteiger partial charge in [-0.2, -0.15) is 18.4 Å². The van der Waals surface area contributed by atoms with Gasteiger partial charge >= 0.3 is 6.18 Å². The number of halogens is 4. The Hall–Kier alpha value is -1.22. The second-order valence-electron chi connectivity index (χ2n) is 3.80. The first-order chi connectivity index (χ1) is 8.38. The molecule has 0 bridgehead atoms. The number of anilines is 1. The van der Waals surface area contributed by atoms with Crippen LogP contribution in [0.4, 0.5) is 18.9 Å². The Morgan fingerprint density at radius 2 is 2.11 bits per heavy atom. The molecule has 0 aliphatic carbocycles. The fourth-order valence-electron chi connectivity index (χ4n) is 1.44. The van der Waals surface area contributed by atoms with E-state index < -0.39 is 11.7 Å². The van der Waals surface area contributed by atoms with E-state index in [9.17, 15) is 13.2 Å². The molecule has 0 spiro atoms. The molecule has 1 aromatic carbocycles. The first-order valence-electron chi connectivity index (χ1n) is 5.38. The van der Waals surface area contributed by atoms with Crippen molar-refractivity contribution in [3.8, 4) is 6.07 Å². The maximum Gasteiger partial charge on any atom is 0.416 e. The van der Waals surface area contributed by atoms with E-state index in [1.54, 1.807) is 0 Å². The van der Waals surface area contributed by atoms with Crippen LogP contribution in [-0.4, -0.2) is 6.04 Å². The fraction of sp³-hybridized carbons (Fsp3) is 0.417. The lowest BCUT2D eigenvalue weighted by molar-refractivity contribution is -0.137. The molecule has 1 rings (SSSR count). The van der Waals surface area contributed by atoms with Crippen LogP contribution in [0.15, 0.2) is 22.7 Å². The van der Waals surface area contributed by atoms with E-state index in [0.717, 1.165) is 12.1 Å². The number of nitriles is 1. The zero-order valence-corrected chi connectivity index (χ0v) is 11.3. The Balaban J connectivity index is 2.98. The van der Waals surface area contributed by atoms with E-state index >= 15 is 0 Å². The second-order valence-corrected chi connectivity index (χ2v) is 4.66. The Morgan fingerprint density at radius 1 is 1.44 bits per heavy atom. The molecule has 0 heterocycles. The number of alkyl halides is 3. The number of hydrogen-bond donors (Lipinski definition) is 1. The average Bonchev–Trinajstić information content (AvgIpc) is 2.29. The summed E-state index contributed by atoms with van der Waals surface area (Å²) in [5.74, 6) is 0. The van der Waals surface area contributed by atoms with Crippen LogP contribution in [0.3, 0.4) is 0 Å². The monoisotopic (exact) mass is 320 g/mol. The van der Waals surface area contributed by atoms with E-state index in [-0.39, 0.29) is 12.5 Å². The summed E-state index contributed by atoms with van der Waals surface area (Å²) in [5.41, 5.74) is -0.355. The number of nitrogens with one attached hydrogen (secondary N) is 1. The third kappa shape index (κ3) is 3.91. The minimum Gasteiger partial charge on any atom is -0.380 e. The van der Waals surface area contributed by atoms with Crippen LogP contribution in [0.2, 0.25) is 0 Å². The largest absolute Gasteiger partial charge is 0.416 e. The van der Waals surface area contributed by atoms with Gasteiger partial charge in [0.1, 0.15) is 0 Å². The van der Waals surface area contributed by atoms with Crippen LogP contribution in [0.1, 0.15) is 25.3 Å². The summed E-state index contributed by atoms with van der Waals surface area (Å²) >= 11 is 3.19. The van der Waals surface area contributed by atoms with Crippen molar-refractivity contribution in [1.82, 2.24) is 0 Å². The minimum atomic E-state index is -4.37. The van der Waals surface area contributed by atoms with Crippen molar-refractivity contribution in [2.45, 2.75) is 32.0 Å². The predicted octanol–water partition coefficient (Wildman–Crippen LogP) is 4.57. The number of rotatable bonds is 4. The van der Waals surface area contributed by atoms with Crippen molar-refractivity contribution in [3.63, 3.8) is 0 Å². The first kappa shape index (κ1) is 14.8. The Kier molecular flexibility index (Phi) is 5.03. The van der Waals surface area contributed by atoms with Gasteiger partial charge in [-0.25, -0.2) is 0 Å². The van der Waals surface area contributed by atoms with Gasteiger partial charge in [-0.05, 0) is 40.5 Å². The zero-order chi connectivity index (χ0) is 13.8. The maximum absolute atomic E-state index is 12.6. The van der Waals surface area contributed by atoms with Crippen LogP contribution < -0.4 is 5.32 Å². The molecular weight excluding hydrogens is 309 g/mol. The van der Waals surface area contributed by atoms with Crippen LogP contribution in [0.25, 0.3) is 0 Å². The van der Waals surface area contributed by atoms with Crippen molar-refractivity contribution in [3.05, 3.63) is 28.2 Å². The molecule has 98 valence electrons. The standard InChI is InChI=1S/C12H12BrF3N2/c1-2-9(5-6-17)18-11-7-8(12(14,15)16)3-4-10(11)13/h3-4,7,9,18H,2,5H2,1H3. The van der Waals surface area contributed by atoms with Gasteiger partial charge in [0.05, 0.1) is 18.1 Å². The van der Waals surface area contributed by atoms with Crippen LogP contribution in [0.5, 0.6) is 0 Å². The number of nitrogens with zero attached hydrogens (tertiary/aromatic N) is 1.